The third-order valence-corrected chi connectivity index (χ3v) is 1.08. The van der Waals surface area contributed by atoms with Crippen molar-refractivity contribution in [2.45, 2.75) is 13.8 Å². The maximum absolute atomic E-state index is 10.6. The highest BCUT2D eigenvalue weighted by Crippen LogP contribution is 1.92. The van der Waals surface area contributed by atoms with Crippen LogP contribution >= 0.6 is 0 Å². The number of primary amides is 1. The first-order valence-electron chi connectivity index (χ1n) is 3.08. The van der Waals surface area contributed by atoms with E-state index in [0.29, 0.717) is 11.6 Å². The van der Waals surface area contributed by atoms with Gasteiger partial charge in [0, 0.05) is 0 Å². The van der Waals surface area contributed by atoms with Crippen LogP contribution in [-0.4, -0.2) is 20.9 Å². The summed E-state index contributed by atoms with van der Waals surface area (Å²) in [6.07, 6.45) is 0. The molecule has 0 fully saturated rings. The van der Waals surface area contributed by atoms with Crippen molar-refractivity contribution in [2.24, 2.45) is 5.73 Å². The predicted molar refractivity (Wildman–Crippen MR) is 37.8 cm³/mol. The Balaban J connectivity index is 3.19. The van der Waals surface area contributed by atoms with Crippen LogP contribution in [0.2, 0.25) is 0 Å². The second kappa shape index (κ2) is 2.61. The number of aromatic nitrogens is 3. The molecule has 0 unspecified atom stereocenters. The van der Waals surface area contributed by atoms with Crippen LogP contribution < -0.4 is 5.73 Å². The Hall–Kier alpha value is -1.52. The van der Waals surface area contributed by atoms with Gasteiger partial charge in [0.15, 0.2) is 0 Å². The van der Waals surface area contributed by atoms with Gasteiger partial charge < -0.3 is 5.73 Å². The van der Waals surface area contributed by atoms with Crippen molar-refractivity contribution in [3.05, 3.63) is 17.5 Å². The topological polar surface area (TPSA) is 81.8 Å². The lowest BCUT2D eigenvalue weighted by atomic mass is 10.5. The molecule has 0 aliphatic rings. The maximum atomic E-state index is 10.6. The van der Waals surface area contributed by atoms with Crippen LogP contribution in [0.4, 0.5) is 0 Å². The van der Waals surface area contributed by atoms with Gasteiger partial charge >= 0.3 is 0 Å². The van der Waals surface area contributed by atoms with Crippen LogP contribution in [0.5, 0.6) is 0 Å². The van der Waals surface area contributed by atoms with Crippen molar-refractivity contribution in [3.8, 4) is 0 Å². The lowest BCUT2D eigenvalue weighted by Crippen LogP contribution is -2.17. The Kier molecular flexibility index (Phi) is 1.80. The van der Waals surface area contributed by atoms with Crippen LogP contribution in [0.25, 0.3) is 0 Å². The molecule has 0 saturated carbocycles. The largest absolute Gasteiger partial charge is 0.363 e. The number of amides is 1. The number of carbonyl (C=O) groups is 1. The molecule has 1 heterocycles. The van der Waals surface area contributed by atoms with E-state index in [9.17, 15) is 4.79 Å². The first kappa shape index (κ1) is 7.59. The second-order valence-electron chi connectivity index (χ2n) is 2.12. The van der Waals surface area contributed by atoms with E-state index in [2.05, 4.69) is 15.0 Å². The lowest BCUT2D eigenvalue weighted by Gasteiger charge is -1.96. The highest BCUT2D eigenvalue weighted by Gasteiger charge is 2.04. The Morgan fingerprint density at radius 1 is 1.18 bits per heavy atom. The van der Waals surface area contributed by atoms with Gasteiger partial charge in [0.1, 0.15) is 11.6 Å². The van der Waals surface area contributed by atoms with E-state index in [1.54, 1.807) is 13.8 Å². The number of hydrogen-bond donors (Lipinski definition) is 1. The monoisotopic (exact) mass is 152 g/mol. The van der Waals surface area contributed by atoms with Gasteiger partial charge in [-0.05, 0) is 13.8 Å². The van der Waals surface area contributed by atoms with Crippen LogP contribution in [-0.2, 0) is 0 Å². The number of hydrogen-bond acceptors (Lipinski definition) is 4. The maximum Gasteiger partial charge on any atom is 0.286 e. The molecule has 11 heavy (non-hydrogen) atoms. The number of nitrogens with zero attached hydrogens (tertiary/aromatic N) is 3. The van der Waals surface area contributed by atoms with Crippen LogP contribution in [0.1, 0.15) is 22.3 Å². The Bertz CT molecular complexity index is 276. The minimum Gasteiger partial charge on any atom is -0.363 e. The van der Waals surface area contributed by atoms with Crippen molar-refractivity contribution in [2.75, 3.05) is 0 Å². The highest BCUT2D eigenvalue weighted by molar-refractivity contribution is 5.88. The average Bonchev–Trinajstić information content (AvgIpc) is 1.85. The van der Waals surface area contributed by atoms with Gasteiger partial charge in [0.2, 0.25) is 5.82 Å². The fourth-order valence-corrected chi connectivity index (χ4v) is 0.726. The molecule has 5 heteroatoms. The fraction of sp³-hybridized carbons (Fsp3) is 0.333. The summed E-state index contributed by atoms with van der Waals surface area (Å²) in [4.78, 5) is 21.9. The molecular formula is C6H8N4O. The first-order chi connectivity index (χ1) is 5.09. The zero-order valence-electron chi connectivity index (χ0n) is 6.33. The van der Waals surface area contributed by atoms with E-state index in [0.717, 1.165) is 0 Å². The second-order valence-corrected chi connectivity index (χ2v) is 2.12. The molecule has 2 N–H and O–H groups in total. The summed E-state index contributed by atoms with van der Waals surface area (Å²) in [5, 5.41) is 0. The summed E-state index contributed by atoms with van der Waals surface area (Å²) in [7, 11) is 0. The summed E-state index contributed by atoms with van der Waals surface area (Å²) >= 11 is 0. The Labute approximate surface area is 63.7 Å². The van der Waals surface area contributed by atoms with Gasteiger partial charge in [-0.15, -0.1) is 0 Å². The minimum atomic E-state index is -0.626. The SMILES string of the molecule is Cc1nc(C)nc(C(N)=O)n1. The quantitative estimate of drug-likeness (QED) is 0.592. The van der Waals surface area contributed by atoms with Gasteiger partial charge in [-0.3, -0.25) is 4.79 Å². The van der Waals surface area contributed by atoms with Crippen molar-refractivity contribution >= 4 is 5.91 Å². The number of nitrogens with two attached hydrogens (primary N) is 1. The van der Waals surface area contributed by atoms with Gasteiger partial charge in [0.25, 0.3) is 5.91 Å². The summed E-state index contributed by atoms with van der Waals surface area (Å²) in [5.41, 5.74) is 4.96. The normalized spacial score (nSPS) is 9.64. The molecule has 0 saturated heterocycles. The molecule has 1 amide bonds. The number of rotatable bonds is 1. The van der Waals surface area contributed by atoms with E-state index < -0.39 is 5.91 Å². The standard InChI is InChI=1S/C6H8N4O/c1-3-8-4(2)10-6(9-3)5(7)11/h1-2H3,(H2,7,11). The number of aryl methyl sites for hydroxylation is 2. The Morgan fingerprint density at radius 3 is 2.00 bits per heavy atom. The minimum absolute atomic E-state index is 0.0231. The molecule has 5 nitrogen and oxygen atoms in total. The highest BCUT2D eigenvalue weighted by atomic mass is 16.1. The van der Waals surface area contributed by atoms with Gasteiger partial charge in [-0.25, -0.2) is 15.0 Å². The first-order valence-corrected chi connectivity index (χ1v) is 3.08. The van der Waals surface area contributed by atoms with Gasteiger partial charge in [0.05, 0.1) is 0 Å². The van der Waals surface area contributed by atoms with E-state index in [1.807, 2.05) is 0 Å². The molecule has 0 spiro atoms. The van der Waals surface area contributed by atoms with Crippen LogP contribution in [0.15, 0.2) is 0 Å². The zero-order chi connectivity index (χ0) is 8.43. The summed E-state index contributed by atoms with van der Waals surface area (Å²) in [6, 6.07) is 0. The fourth-order valence-electron chi connectivity index (χ4n) is 0.726. The number of carbonyl (C=O) groups excluding carboxylic acids is 1. The molecule has 0 aromatic carbocycles. The molecule has 0 aliphatic carbocycles. The summed E-state index contributed by atoms with van der Waals surface area (Å²) in [5.74, 6) is 0.409. The molecule has 1 aromatic rings. The van der Waals surface area contributed by atoms with Gasteiger partial charge in [-0.1, -0.05) is 0 Å². The lowest BCUT2D eigenvalue weighted by molar-refractivity contribution is 0.0989. The molecule has 1 aromatic heterocycles. The molecule has 58 valence electrons. The molecule has 0 aliphatic heterocycles. The Morgan fingerprint density at radius 2 is 1.64 bits per heavy atom. The van der Waals surface area contributed by atoms with Gasteiger partial charge in [-0.2, -0.15) is 0 Å². The third kappa shape index (κ3) is 1.70. The predicted octanol–water partition coefficient (Wildman–Crippen LogP) is -0.413. The van der Waals surface area contributed by atoms with Crippen molar-refractivity contribution in [3.63, 3.8) is 0 Å². The summed E-state index contributed by atoms with van der Waals surface area (Å²) < 4.78 is 0. The smallest absolute Gasteiger partial charge is 0.286 e. The summed E-state index contributed by atoms with van der Waals surface area (Å²) in [6.45, 7) is 3.36. The molecule has 0 atom stereocenters. The van der Waals surface area contributed by atoms with Crippen molar-refractivity contribution < 1.29 is 4.79 Å². The van der Waals surface area contributed by atoms with Crippen LogP contribution in [0, 0.1) is 13.8 Å². The van der Waals surface area contributed by atoms with Crippen LogP contribution in [0.3, 0.4) is 0 Å². The van der Waals surface area contributed by atoms with E-state index in [1.165, 1.54) is 0 Å². The van der Waals surface area contributed by atoms with Crippen molar-refractivity contribution in [1.29, 1.82) is 0 Å². The zero-order valence-corrected chi connectivity index (χ0v) is 6.33. The third-order valence-electron chi connectivity index (χ3n) is 1.08. The molecular weight excluding hydrogens is 144 g/mol. The van der Waals surface area contributed by atoms with E-state index in [4.69, 9.17) is 5.73 Å². The average molecular weight is 152 g/mol. The molecule has 0 radical (unpaired) electrons. The van der Waals surface area contributed by atoms with E-state index in [-0.39, 0.29) is 5.82 Å². The van der Waals surface area contributed by atoms with Crippen molar-refractivity contribution in [1.82, 2.24) is 15.0 Å². The van der Waals surface area contributed by atoms with E-state index >= 15 is 0 Å². The molecule has 0 bridgehead atoms. The molecule has 1 rings (SSSR count).